The lowest BCUT2D eigenvalue weighted by molar-refractivity contribution is -0.112. The largest absolute Gasteiger partial charge is 0.497 e. The smallest absolute Gasteiger partial charge is 0.266 e. The number of carbonyl (C=O) groups is 1. The molecule has 2 rings (SSSR count). The standard InChI is InChI=1S/C20H19BrN2O4/c1-4-27-19-10-13(17(21)11-18(19)26-3)9-14(12-22)20(24)23-15-5-7-16(25-2)8-6-15/h5-11H,4H2,1-3H3,(H,23,24)/b14-9+. The van der Waals surface area contributed by atoms with Gasteiger partial charge in [-0.15, -0.1) is 0 Å². The number of methoxy groups -OCH3 is 2. The number of hydrogen-bond donors (Lipinski definition) is 1. The molecule has 0 saturated carbocycles. The lowest BCUT2D eigenvalue weighted by Gasteiger charge is -2.12. The van der Waals surface area contributed by atoms with Crippen LogP contribution < -0.4 is 19.5 Å². The van der Waals surface area contributed by atoms with E-state index in [1.165, 1.54) is 6.08 Å². The number of halogens is 1. The highest BCUT2D eigenvalue weighted by atomic mass is 79.9. The van der Waals surface area contributed by atoms with Gasteiger partial charge in [0, 0.05) is 10.2 Å². The molecule has 0 heterocycles. The zero-order chi connectivity index (χ0) is 19.8. The van der Waals surface area contributed by atoms with Gasteiger partial charge in [-0.1, -0.05) is 15.9 Å². The third kappa shape index (κ3) is 5.25. The number of benzene rings is 2. The van der Waals surface area contributed by atoms with E-state index in [9.17, 15) is 10.1 Å². The molecule has 27 heavy (non-hydrogen) atoms. The van der Waals surface area contributed by atoms with Crippen molar-refractivity contribution < 1.29 is 19.0 Å². The van der Waals surface area contributed by atoms with Crippen LogP contribution in [0.1, 0.15) is 12.5 Å². The van der Waals surface area contributed by atoms with Gasteiger partial charge in [-0.25, -0.2) is 0 Å². The van der Waals surface area contributed by atoms with Crippen molar-refractivity contribution in [2.45, 2.75) is 6.92 Å². The molecule has 0 atom stereocenters. The zero-order valence-corrected chi connectivity index (χ0v) is 16.8. The van der Waals surface area contributed by atoms with E-state index >= 15 is 0 Å². The summed E-state index contributed by atoms with van der Waals surface area (Å²) in [5, 5.41) is 12.1. The van der Waals surface area contributed by atoms with Gasteiger partial charge in [0.15, 0.2) is 11.5 Å². The van der Waals surface area contributed by atoms with Crippen LogP contribution in [0.25, 0.3) is 6.08 Å². The molecule has 1 amide bonds. The second-order valence-corrected chi connectivity index (χ2v) is 6.16. The molecule has 6 nitrogen and oxygen atoms in total. The van der Waals surface area contributed by atoms with E-state index in [-0.39, 0.29) is 5.57 Å². The molecule has 0 bridgehead atoms. The van der Waals surface area contributed by atoms with Crippen LogP contribution in [0.2, 0.25) is 0 Å². The fourth-order valence-electron chi connectivity index (χ4n) is 2.27. The van der Waals surface area contributed by atoms with E-state index in [0.29, 0.717) is 39.6 Å². The Hall–Kier alpha value is -2.98. The first-order valence-electron chi connectivity index (χ1n) is 8.09. The molecule has 0 aliphatic heterocycles. The second kappa shape index (κ2) is 9.64. The molecule has 0 radical (unpaired) electrons. The average Bonchev–Trinajstić information content (AvgIpc) is 2.68. The number of amides is 1. The predicted molar refractivity (Wildman–Crippen MR) is 107 cm³/mol. The minimum absolute atomic E-state index is 0.0425. The monoisotopic (exact) mass is 430 g/mol. The van der Waals surface area contributed by atoms with Gasteiger partial charge in [-0.05, 0) is 55.0 Å². The maximum absolute atomic E-state index is 12.4. The lowest BCUT2D eigenvalue weighted by Crippen LogP contribution is -2.13. The van der Waals surface area contributed by atoms with Crippen LogP contribution in [-0.2, 0) is 4.79 Å². The van der Waals surface area contributed by atoms with Crippen molar-refractivity contribution in [2.75, 3.05) is 26.1 Å². The molecule has 1 N–H and O–H groups in total. The molecule has 0 aliphatic carbocycles. The van der Waals surface area contributed by atoms with Crippen LogP contribution in [0.3, 0.4) is 0 Å². The van der Waals surface area contributed by atoms with Gasteiger partial charge in [0.05, 0.1) is 20.8 Å². The first kappa shape index (κ1) is 20.3. The Bertz CT molecular complexity index is 886. The normalized spacial score (nSPS) is 10.7. The number of rotatable bonds is 7. The molecule has 2 aromatic carbocycles. The first-order valence-corrected chi connectivity index (χ1v) is 8.89. The molecular weight excluding hydrogens is 412 g/mol. The van der Waals surface area contributed by atoms with Crippen molar-refractivity contribution in [3.63, 3.8) is 0 Å². The van der Waals surface area contributed by atoms with E-state index in [4.69, 9.17) is 14.2 Å². The maximum Gasteiger partial charge on any atom is 0.266 e. The van der Waals surface area contributed by atoms with Gasteiger partial charge in [0.1, 0.15) is 17.4 Å². The number of hydrogen-bond acceptors (Lipinski definition) is 5. The van der Waals surface area contributed by atoms with Crippen molar-refractivity contribution in [3.8, 4) is 23.3 Å². The van der Waals surface area contributed by atoms with Gasteiger partial charge >= 0.3 is 0 Å². The van der Waals surface area contributed by atoms with Gasteiger partial charge in [0.25, 0.3) is 5.91 Å². The summed E-state index contributed by atoms with van der Waals surface area (Å²) in [4.78, 5) is 12.4. The average molecular weight is 431 g/mol. The van der Waals surface area contributed by atoms with Crippen LogP contribution >= 0.6 is 15.9 Å². The molecule has 0 aromatic heterocycles. The summed E-state index contributed by atoms with van der Waals surface area (Å²) in [6, 6.07) is 12.2. The number of anilines is 1. The second-order valence-electron chi connectivity index (χ2n) is 5.31. The van der Waals surface area contributed by atoms with Gasteiger partial charge in [-0.2, -0.15) is 5.26 Å². The van der Waals surface area contributed by atoms with Crippen LogP contribution in [0.5, 0.6) is 17.2 Å². The molecule has 140 valence electrons. The fourth-order valence-corrected chi connectivity index (χ4v) is 2.70. The number of nitrogens with zero attached hydrogens (tertiary/aromatic N) is 1. The quantitative estimate of drug-likeness (QED) is 0.519. The summed E-state index contributed by atoms with van der Waals surface area (Å²) in [6.07, 6.45) is 1.49. The van der Waals surface area contributed by atoms with Gasteiger partial charge in [0.2, 0.25) is 0 Å². The van der Waals surface area contributed by atoms with E-state index < -0.39 is 5.91 Å². The van der Waals surface area contributed by atoms with Crippen molar-refractivity contribution in [1.82, 2.24) is 0 Å². The Morgan fingerprint density at radius 1 is 1.19 bits per heavy atom. The molecule has 0 saturated heterocycles. The van der Waals surface area contributed by atoms with Crippen molar-refractivity contribution in [1.29, 1.82) is 5.26 Å². The van der Waals surface area contributed by atoms with Crippen molar-refractivity contribution >= 4 is 33.6 Å². The van der Waals surface area contributed by atoms with Crippen LogP contribution in [0.15, 0.2) is 46.4 Å². The van der Waals surface area contributed by atoms with E-state index in [1.54, 1.807) is 50.6 Å². The van der Waals surface area contributed by atoms with Crippen molar-refractivity contribution in [2.24, 2.45) is 0 Å². The van der Waals surface area contributed by atoms with Gasteiger partial charge in [-0.3, -0.25) is 4.79 Å². The number of nitrogens with one attached hydrogen (secondary N) is 1. The third-order valence-corrected chi connectivity index (χ3v) is 4.28. The number of carbonyl (C=O) groups excluding carboxylic acids is 1. The van der Waals surface area contributed by atoms with E-state index in [2.05, 4.69) is 21.2 Å². The molecule has 2 aromatic rings. The van der Waals surface area contributed by atoms with Crippen LogP contribution in [0, 0.1) is 11.3 Å². The summed E-state index contributed by atoms with van der Waals surface area (Å²) in [7, 11) is 3.11. The molecular formula is C20H19BrN2O4. The van der Waals surface area contributed by atoms with Crippen LogP contribution in [0.4, 0.5) is 5.69 Å². The molecule has 0 aliphatic rings. The minimum atomic E-state index is -0.511. The zero-order valence-electron chi connectivity index (χ0n) is 15.2. The van der Waals surface area contributed by atoms with Crippen LogP contribution in [-0.4, -0.2) is 26.7 Å². The van der Waals surface area contributed by atoms with E-state index in [1.807, 2.05) is 13.0 Å². The Morgan fingerprint density at radius 2 is 1.89 bits per heavy atom. The molecule has 7 heteroatoms. The summed E-state index contributed by atoms with van der Waals surface area (Å²) in [5.41, 5.74) is 1.14. The first-order chi connectivity index (χ1) is 13.0. The topological polar surface area (TPSA) is 80.6 Å². The predicted octanol–water partition coefficient (Wildman–Crippen LogP) is 4.41. The SMILES string of the molecule is CCOc1cc(/C=C(\C#N)C(=O)Nc2ccc(OC)cc2)c(Br)cc1OC. The highest BCUT2D eigenvalue weighted by molar-refractivity contribution is 9.10. The Kier molecular flexibility index (Phi) is 7.26. The third-order valence-electron chi connectivity index (χ3n) is 3.60. The highest BCUT2D eigenvalue weighted by Crippen LogP contribution is 2.34. The van der Waals surface area contributed by atoms with Gasteiger partial charge < -0.3 is 19.5 Å². The highest BCUT2D eigenvalue weighted by Gasteiger charge is 2.13. The molecule has 0 spiro atoms. The molecule has 0 fully saturated rings. The summed E-state index contributed by atoms with van der Waals surface area (Å²) in [6.45, 7) is 2.32. The minimum Gasteiger partial charge on any atom is -0.497 e. The summed E-state index contributed by atoms with van der Waals surface area (Å²) in [5.74, 6) is 1.25. The summed E-state index contributed by atoms with van der Waals surface area (Å²) >= 11 is 3.43. The van der Waals surface area contributed by atoms with E-state index in [0.717, 1.165) is 0 Å². The molecule has 0 unspecified atom stereocenters. The number of ether oxygens (including phenoxy) is 3. The Labute approximate surface area is 166 Å². The number of nitriles is 1. The summed E-state index contributed by atoms with van der Waals surface area (Å²) < 4.78 is 16.6. The Balaban J connectivity index is 2.29. The maximum atomic E-state index is 12.4. The Morgan fingerprint density at radius 3 is 2.44 bits per heavy atom. The fraction of sp³-hybridized carbons (Fsp3) is 0.200. The van der Waals surface area contributed by atoms with Crippen molar-refractivity contribution in [3.05, 3.63) is 52.0 Å². The lowest BCUT2D eigenvalue weighted by atomic mass is 10.1.